The summed E-state index contributed by atoms with van der Waals surface area (Å²) in [5.74, 6) is 0.622. The fourth-order valence-corrected chi connectivity index (χ4v) is 2.08. The fourth-order valence-electron chi connectivity index (χ4n) is 2.08. The molecule has 0 fully saturated rings. The van der Waals surface area contributed by atoms with Crippen molar-refractivity contribution in [3.05, 3.63) is 35.4 Å². The van der Waals surface area contributed by atoms with E-state index in [2.05, 4.69) is 0 Å². The minimum atomic E-state index is 0.258. The zero-order valence-corrected chi connectivity index (χ0v) is 8.32. The summed E-state index contributed by atoms with van der Waals surface area (Å²) < 4.78 is 5.09. The molecule has 74 valence electrons. The molecule has 0 saturated carbocycles. The summed E-state index contributed by atoms with van der Waals surface area (Å²) in [7, 11) is 1.69. The molecule has 1 aromatic rings. The summed E-state index contributed by atoms with van der Waals surface area (Å²) >= 11 is 0. The Kier molecular flexibility index (Phi) is 2.64. The molecule has 0 radical (unpaired) electrons. The first-order valence-corrected chi connectivity index (χ1v) is 4.91. The molecule has 0 N–H and O–H groups in total. The van der Waals surface area contributed by atoms with E-state index in [4.69, 9.17) is 4.74 Å². The van der Waals surface area contributed by atoms with Crippen molar-refractivity contribution in [3.8, 4) is 0 Å². The third-order valence-electron chi connectivity index (χ3n) is 2.70. The Labute approximate surface area is 83.9 Å². The Balaban J connectivity index is 2.24. The fraction of sp³-hybridized carbons (Fsp3) is 0.417. The largest absolute Gasteiger partial charge is 0.384 e. The summed E-state index contributed by atoms with van der Waals surface area (Å²) in [5, 5.41) is 0. The molecule has 1 aromatic carbocycles. The highest BCUT2D eigenvalue weighted by Crippen LogP contribution is 2.25. The molecule has 1 aliphatic carbocycles. The molecule has 0 spiro atoms. The number of carbonyl (C=O) groups is 1. The van der Waals surface area contributed by atoms with Crippen LogP contribution < -0.4 is 0 Å². The number of hydrogen-bond donors (Lipinski definition) is 0. The molecule has 0 aromatic heterocycles. The van der Waals surface area contributed by atoms with Crippen LogP contribution in [-0.2, 0) is 11.2 Å². The van der Waals surface area contributed by atoms with Gasteiger partial charge in [-0.2, -0.15) is 0 Å². The van der Waals surface area contributed by atoms with Gasteiger partial charge in [-0.3, -0.25) is 4.79 Å². The van der Waals surface area contributed by atoms with Crippen molar-refractivity contribution in [2.45, 2.75) is 12.8 Å². The van der Waals surface area contributed by atoms with Gasteiger partial charge in [-0.25, -0.2) is 0 Å². The van der Waals surface area contributed by atoms with Crippen LogP contribution in [0.4, 0.5) is 0 Å². The summed E-state index contributed by atoms with van der Waals surface area (Å²) in [6.45, 7) is 0.681. The van der Waals surface area contributed by atoms with Crippen molar-refractivity contribution < 1.29 is 9.53 Å². The molecule has 0 aliphatic heterocycles. The molecular weight excluding hydrogens is 176 g/mol. The van der Waals surface area contributed by atoms with E-state index in [1.807, 2.05) is 24.3 Å². The van der Waals surface area contributed by atoms with E-state index in [0.29, 0.717) is 18.9 Å². The van der Waals surface area contributed by atoms with Gasteiger partial charge in [-0.05, 0) is 17.9 Å². The Morgan fingerprint density at radius 2 is 2.14 bits per heavy atom. The standard InChI is InChI=1S/C12H14O2/c1-14-8-9-6-10-4-2-3-5-11(10)12(13)7-9/h2-5,9H,6-8H2,1H3. The summed E-state index contributed by atoms with van der Waals surface area (Å²) in [6.07, 6.45) is 1.60. The maximum Gasteiger partial charge on any atom is 0.163 e. The molecule has 1 atom stereocenters. The molecular formula is C12H14O2. The lowest BCUT2D eigenvalue weighted by Crippen LogP contribution is -2.23. The van der Waals surface area contributed by atoms with E-state index < -0.39 is 0 Å². The number of hydrogen-bond acceptors (Lipinski definition) is 2. The van der Waals surface area contributed by atoms with E-state index >= 15 is 0 Å². The molecule has 1 aliphatic rings. The second kappa shape index (κ2) is 3.93. The van der Waals surface area contributed by atoms with Crippen LogP contribution in [0.5, 0.6) is 0 Å². The number of fused-ring (bicyclic) bond motifs is 1. The maximum absolute atomic E-state index is 11.7. The van der Waals surface area contributed by atoms with Crippen LogP contribution in [0, 0.1) is 5.92 Å². The number of benzene rings is 1. The lowest BCUT2D eigenvalue weighted by molar-refractivity contribution is 0.0885. The minimum absolute atomic E-state index is 0.258. The van der Waals surface area contributed by atoms with E-state index in [1.54, 1.807) is 7.11 Å². The van der Waals surface area contributed by atoms with E-state index in [1.165, 1.54) is 5.56 Å². The maximum atomic E-state index is 11.7. The summed E-state index contributed by atoms with van der Waals surface area (Å²) in [5.41, 5.74) is 2.07. The quantitative estimate of drug-likeness (QED) is 0.713. The van der Waals surface area contributed by atoms with Crippen molar-refractivity contribution in [1.82, 2.24) is 0 Å². The lowest BCUT2D eigenvalue weighted by Gasteiger charge is -2.22. The number of ether oxygens (including phenoxy) is 1. The molecule has 1 unspecified atom stereocenters. The average Bonchev–Trinajstić information content (AvgIpc) is 2.18. The van der Waals surface area contributed by atoms with Gasteiger partial charge in [0, 0.05) is 25.7 Å². The van der Waals surface area contributed by atoms with Crippen LogP contribution in [0.25, 0.3) is 0 Å². The highest BCUT2D eigenvalue weighted by Gasteiger charge is 2.24. The van der Waals surface area contributed by atoms with Gasteiger partial charge in [0.05, 0.1) is 0 Å². The van der Waals surface area contributed by atoms with Gasteiger partial charge in [-0.15, -0.1) is 0 Å². The van der Waals surface area contributed by atoms with Gasteiger partial charge in [0.1, 0.15) is 0 Å². The predicted octanol–water partition coefficient (Wildman–Crippen LogP) is 2.08. The third kappa shape index (κ3) is 1.70. The lowest BCUT2D eigenvalue weighted by atomic mass is 9.83. The molecule has 0 saturated heterocycles. The zero-order valence-electron chi connectivity index (χ0n) is 8.32. The SMILES string of the molecule is COCC1CC(=O)c2ccccc2C1. The Morgan fingerprint density at radius 1 is 1.36 bits per heavy atom. The van der Waals surface area contributed by atoms with Crippen molar-refractivity contribution in [1.29, 1.82) is 0 Å². The topological polar surface area (TPSA) is 26.3 Å². The molecule has 2 heteroatoms. The normalized spacial score (nSPS) is 20.6. The number of methoxy groups -OCH3 is 1. The number of Topliss-reactive ketones (excluding diaryl/α,β-unsaturated/α-hetero) is 1. The Hall–Kier alpha value is -1.15. The zero-order chi connectivity index (χ0) is 9.97. The van der Waals surface area contributed by atoms with Crippen LogP contribution in [-0.4, -0.2) is 19.5 Å². The first kappa shape index (κ1) is 9.41. The smallest absolute Gasteiger partial charge is 0.163 e. The molecule has 0 amide bonds. The monoisotopic (exact) mass is 190 g/mol. The average molecular weight is 190 g/mol. The second-order valence-corrected chi connectivity index (χ2v) is 3.81. The number of ketones is 1. The van der Waals surface area contributed by atoms with Gasteiger partial charge in [0.2, 0.25) is 0 Å². The van der Waals surface area contributed by atoms with Crippen LogP contribution in [0.15, 0.2) is 24.3 Å². The van der Waals surface area contributed by atoms with E-state index in [0.717, 1.165) is 12.0 Å². The van der Waals surface area contributed by atoms with Crippen LogP contribution >= 0.6 is 0 Å². The van der Waals surface area contributed by atoms with Crippen molar-refractivity contribution in [2.24, 2.45) is 5.92 Å². The molecule has 0 heterocycles. The molecule has 2 rings (SSSR count). The van der Waals surface area contributed by atoms with Crippen molar-refractivity contribution in [2.75, 3.05) is 13.7 Å². The van der Waals surface area contributed by atoms with Crippen LogP contribution in [0.3, 0.4) is 0 Å². The first-order chi connectivity index (χ1) is 6.81. The minimum Gasteiger partial charge on any atom is -0.384 e. The number of rotatable bonds is 2. The van der Waals surface area contributed by atoms with Crippen molar-refractivity contribution >= 4 is 5.78 Å². The first-order valence-electron chi connectivity index (χ1n) is 4.91. The molecule has 14 heavy (non-hydrogen) atoms. The van der Waals surface area contributed by atoms with Gasteiger partial charge in [-0.1, -0.05) is 24.3 Å². The van der Waals surface area contributed by atoms with Crippen LogP contribution in [0.2, 0.25) is 0 Å². The van der Waals surface area contributed by atoms with Crippen molar-refractivity contribution in [3.63, 3.8) is 0 Å². The van der Waals surface area contributed by atoms with E-state index in [-0.39, 0.29) is 5.78 Å². The highest BCUT2D eigenvalue weighted by molar-refractivity contribution is 5.98. The predicted molar refractivity (Wildman–Crippen MR) is 54.5 cm³/mol. The Bertz CT molecular complexity index is 344. The van der Waals surface area contributed by atoms with Gasteiger partial charge in [0.15, 0.2) is 5.78 Å². The number of carbonyl (C=O) groups excluding carboxylic acids is 1. The molecule has 0 bridgehead atoms. The van der Waals surface area contributed by atoms with Gasteiger partial charge >= 0.3 is 0 Å². The van der Waals surface area contributed by atoms with E-state index in [9.17, 15) is 4.79 Å². The Morgan fingerprint density at radius 3 is 2.93 bits per heavy atom. The summed E-state index contributed by atoms with van der Waals surface area (Å²) in [6, 6.07) is 7.87. The van der Waals surface area contributed by atoms with Crippen LogP contribution in [0.1, 0.15) is 22.3 Å². The van der Waals surface area contributed by atoms with Gasteiger partial charge in [0.25, 0.3) is 0 Å². The molecule has 2 nitrogen and oxygen atoms in total. The second-order valence-electron chi connectivity index (χ2n) is 3.81. The summed E-state index contributed by atoms with van der Waals surface area (Å²) in [4.78, 5) is 11.7. The third-order valence-corrected chi connectivity index (χ3v) is 2.70. The van der Waals surface area contributed by atoms with Gasteiger partial charge < -0.3 is 4.74 Å². The highest BCUT2D eigenvalue weighted by atomic mass is 16.5.